The Labute approximate surface area is 148 Å². The normalized spacial score (nSPS) is 31.2. The molecular formula is C16H18N2O6S. The highest BCUT2D eigenvalue weighted by Crippen LogP contribution is 2.50. The molecule has 2 saturated heterocycles. The summed E-state index contributed by atoms with van der Waals surface area (Å²) in [6, 6.07) is 3.08. The van der Waals surface area contributed by atoms with Crippen LogP contribution in [0, 0.1) is 11.8 Å². The molecule has 2 amide bonds. The number of fused-ring (bicyclic) bond motifs is 1. The highest BCUT2D eigenvalue weighted by Gasteiger charge is 2.69. The zero-order chi connectivity index (χ0) is 18.4. The lowest BCUT2D eigenvalue weighted by molar-refractivity contribution is -0.159. The van der Waals surface area contributed by atoms with Crippen molar-refractivity contribution in [3.8, 4) is 0 Å². The third-order valence-electron chi connectivity index (χ3n) is 4.92. The lowest BCUT2D eigenvalue weighted by Gasteiger charge is -2.30. The average molecular weight is 366 g/mol. The second-order valence-electron chi connectivity index (χ2n) is 6.09. The van der Waals surface area contributed by atoms with E-state index in [-0.39, 0.29) is 5.91 Å². The molecule has 4 atom stereocenters. The van der Waals surface area contributed by atoms with Crippen LogP contribution in [0.5, 0.6) is 0 Å². The van der Waals surface area contributed by atoms with Gasteiger partial charge in [0.05, 0.1) is 38.5 Å². The van der Waals surface area contributed by atoms with Crippen LogP contribution < -0.4 is 5.32 Å². The summed E-state index contributed by atoms with van der Waals surface area (Å²) in [6.45, 7) is 0. The van der Waals surface area contributed by atoms with Crippen LogP contribution in [0.1, 0.15) is 17.3 Å². The van der Waals surface area contributed by atoms with Gasteiger partial charge in [0.15, 0.2) is 0 Å². The average Bonchev–Trinajstić information content (AvgIpc) is 3.29. The van der Waals surface area contributed by atoms with Crippen molar-refractivity contribution in [1.29, 1.82) is 0 Å². The molecule has 1 aromatic heterocycles. The van der Waals surface area contributed by atoms with Gasteiger partial charge < -0.3 is 9.47 Å². The third kappa shape index (κ3) is 2.46. The molecule has 0 unspecified atom stereocenters. The topological polar surface area (TPSA) is 102 Å². The number of nitrogens with zero attached hydrogens (tertiary/aromatic N) is 1. The number of carbonyl (C=O) groups excluding carboxylic acids is 4. The van der Waals surface area contributed by atoms with E-state index in [4.69, 9.17) is 9.47 Å². The minimum Gasteiger partial charge on any atom is -0.469 e. The molecule has 0 aliphatic carbocycles. The summed E-state index contributed by atoms with van der Waals surface area (Å²) in [5.74, 6) is -4.11. The monoisotopic (exact) mass is 366 g/mol. The van der Waals surface area contributed by atoms with Crippen molar-refractivity contribution in [2.45, 2.75) is 18.0 Å². The predicted molar refractivity (Wildman–Crippen MR) is 86.3 cm³/mol. The van der Waals surface area contributed by atoms with Crippen LogP contribution in [0.3, 0.4) is 0 Å². The molecule has 2 aliphatic rings. The minimum absolute atomic E-state index is 0.378. The number of ether oxygens (including phenoxy) is 2. The number of carbonyl (C=O) groups is 4. The molecule has 8 nitrogen and oxygen atoms in total. The predicted octanol–water partition coefficient (Wildman–Crippen LogP) is 0.0983. The molecule has 3 rings (SSSR count). The Bertz CT molecular complexity index is 733. The van der Waals surface area contributed by atoms with E-state index in [1.54, 1.807) is 0 Å². The number of thiophene rings is 1. The molecule has 1 N–H and O–H groups in total. The molecule has 134 valence electrons. The molecule has 0 radical (unpaired) electrons. The minimum atomic E-state index is -1.64. The maximum atomic E-state index is 12.7. The van der Waals surface area contributed by atoms with Crippen molar-refractivity contribution in [2.24, 2.45) is 11.8 Å². The van der Waals surface area contributed by atoms with E-state index in [9.17, 15) is 19.2 Å². The molecule has 2 aliphatic heterocycles. The van der Waals surface area contributed by atoms with E-state index in [1.165, 1.54) is 32.6 Å². The fraction of sp³-hybridized carbons (Fsp3) is 0.500. The molecule has 2 fully saturated rings. The van der Waals surface area contributed by atoms with Gasteiger partial charge in [-0.25, -0.2) is 0 Å². The number of nitrogens with one attached hydrogen (secondary N) is 1. The number of methoxy groups -OCH3 is 2. The molecule has 1 aromatic rings. The van der Waals surface area contributed by atoms with Gasteiger partial charge in [0.25, 0.3) is 0 Å². The number of imide groups is 1. The first-order valence-electron chi connectivity index (χ1n) is 7.65. The van der Waals surface area contributed by atoms with Gasteiger partial charge in [-0.3, -0.25) is 29.4 Å². The molecule has 25 heavy (non-hydrogen) atoms. The van der Waals surface area contributed by atoms with Crippen molar-refractivity contribution in [3.63, 3.8) is 0 Å². The summed E-state index contributed by atoms with van der Waals surface area (Å²) in [7, 11) is 3.76. The number of rotatable bonds is 4. The second kappa shape index (κ2) is 6.23. The number of esters is 2. The summed E-state index contributed by atoms with van der Waals surface area (Å²) < 4.78 is 9.59. The smallest absolute Gasteiger partial charge is 0.327 e. The molecule has 0 aromatic carbocycles. The molecule has 0 bridgehead atoms. The third-order valence-corrected chi connectivity index (χ3v) is 5.88. The van der Waals surface area contributed by atoms with E-state index in [0.29, 0.717) is 0 Å². The highest BCUT2D eigenvalue weighted by atomic mass is 32.1. The Hall–Kier alpha value is -2.26. The SMILES string of the molecule is COC(=O)C[C@@]1(C(=O)OC)N[C@H](c2cccs2)[C@@H]2C(=O)N(C)C(=O)[C@@H]21. The van der Waals surface area contributed by atoms with E-state index < -0.39 is 47.7 Å². The fourth-order valence-electron chi connectivity index (χ4n) is 3.76. The van der Waals surface area contributed by atoms with Gasteiger partial charge in [-0.05, 0) is 11.4 Å². The van der Waals surface area contributed by atoms with E-state index in [0.717, 1.165) is 9.78 Å². The Morgan fingerprint density at radius 1 is 1.28 bits per heavy atom. The first-order chi connectivity index (χ1) is 11.9. The number of likely N-dealkylation sites (tertiary alicyclic amines) is 1. The quantitative estimate of drug-likeness (QED) is 0.595. The van der Waals surface area contributed by atoms with Crippen LogP contribution in [0.15, 0.2) is 17.5 Å². The molecule has 0 spiro atoms. The highest BCUT2D eigenvalue weighted by molar-refractivity contribution is 7.10. The number of hydrogen-bond acceptors (Lipinski definition) is 8. The van der Waals surface area contributed by atoms with Crippen LogP contribution in [0.4, 0.5) is 0 Å². The van der Waals surface area contributed by atoms with Crippen molar-refractivity contribution in [2.75, 3.05) is 21.3 Å². The fourth-order valence-corrected chi connectivity index (χ4v) is 4.59. The Morgan fingerprint density at radius 3 is 2.56 bits per heavy atom. The van der Waals surface area contributed by atoms with E-state index >= 15 is 0 Å². The van der Waals surface area contributed by atoms with Gasteiger partial charge >= 0.3 is 11.9 Å². The summed E-state index contributed by atoms with van der Waals surface area (Å²) >= 11 is 1.41. The van der Waals surface area contributed by atoms with Gasteiger partial charge in [-0.1, -0.05) is 6.07 Å². The number of amides is 2. The first kappa shape index (κ1) is 17.6. The Kier molecular flexibility index (Phi) is 4.38. The van der Waals surface area contributed by atoms with Crippen LogP contribution >= 0.6 is 11.3 Å². The number of hydrogen-bond donors (Lipinski definition) is 1. The summed E-state index contributed by atoms with van der Waals surface area (Å²) in [5, 5.41) is 4.92. The van der Waals surface area contributed by atoms with E-state index in [2.05, 4.69) is 5.32 Å². The van der Waals surface area contributed by atoms with Crippen molar-refractivity contribution in [3.05, 3.63) is 22.4 Å². The molecular weight excluding hydrogens is 348 g/mol. The van der Waals surface area contributed by atoms with Crippen LogP contribution in [0.25, 0.3) is 0 Å². The summed E-state index contributed by atoms with van der Waals surface area (Å²) in [6.07, 6.45) is -0.397. The van der Waals surface area contributed by atoms with Gasteiger partial charge in [-0.15, -0.1) is 11.3 Å². The zero-order valence-corrected chi connectivity index (χ0v) is 14.8. The van der Waals surface area contributed by atoms with Gasteiger partial charge in [0.2, 0.25) is 11.8 Å². The molecule has 3 heterocycles. The van der Waals surface area contributed by atoms with Gasteiger partial charge in [-0.2, -0.15) is 0 Å². The summed E-state index contributed by atoms with van der Waals surface area (Å²) in [5.41, 5.74) is -1.64. The van der Waals surface area contributed by atoms with Crippen LogP contribution in [-0.4, -0.2) is 55.5 Å². The summed E-state index contributed by atoms with van der Waals surface area (Å²) in [4.78, 5) is 51.8. The zero-order valence-electron chi connectivity index (χ0n) is 14.0. The van der Waals surface area contributed by atoms with Crippen molar-refractivity contribution < 1.29 is 28.7 Å². The molecule has 0 saturated carbocycles. The maximum Gasteiger partial charge on any atom is 0.327 e. The van der Waals surface area contributed by atoms with Crippen molar-refractivity contribution >= 4 is 35.1 Å². The molecule has 9 heteroatoms. The largest absolute Gasteiger partial charge is 0.469 e. The maximum absolute atomic E-state index is 12.7. The van der Waals surface area contributed by atoms with Crippen molar-refractivity contribution in [1.82, 2.24) is 10.2 Å². The lowest BCUT2D eigenvalue weighted by atomic mass is 9.78. The first-order valence-corrected chi connectivity index (χ1v) is 8.53. The van der Waals surface area contributed by atoms with Gasteiger partial charge in [0.1, 0.15) is 5.54 Å². The van der Waals surface area contributed by atoms with Crippen LogP contribution in [0.2, 0.25) is 0 Å². The van der Waals surface area contributed by atoms with Crippen LogP contribution in [-0.2, 0) is 28.7 Å². The Balaban J connectivity index is 2.14. The standard InChI is InChI=1S/C16H18N2O6S/c1-18-13(20)10-11(14(18)21)16(15(22)24-3,7-9(19)23-2)17-12(10)8-5-4-6-25-8/h4-6,10-12,17H,7H2,1-3H3/t10-,11-,12-,16-/m1/s1. The van der Waals surface area contributed by atoms with E-state index in [1.807, 2.05) is 17.5 Å². The second-order valence-corrected chi connectivity index (χ2v) is 7.07. The van der Waals surface area contributed by atoms with Gasteiger partial charge in [0, 0.05) is 11.9 Å². The Morgan fingerprint density at radius 2 is 2.00 bits per heavy atom. The lowest BCUT2D eigenvalue weighted by Crippen LogP contribution is -2.57.